The quantitative estimate of drug-likeness (QED) is 0.680. The summed E-state index contributed by atoms with van der Waals surface area (Å²) in [5, 5.41) is 20.3. The fourth-order valence-corrected chi connectivity index (χ4v) is 1.49. The lowest BCUT2D eigenvalue weighted by Gasteiger charge is -2.10. The fourth-order valence-electron chi connectivity index (χ4n) is 1.02. The van der Waals surface area contributed by atoms with Gasteiger partial charge in [0.1, 0.15) is 17.9 Å². The molecule has 1 aromatic carbocycles. The maximum atomic E-state index is 12.1. The number of alkyl halides is 3. The molecule has 0 radical (unpaired) electrons. The van der Waals surface area contributed by atoms with Gasteiger partial charge in [-0.05, 0) is 12.1 Å². The SMILES string of the molecule is N#CC(C#N)=NNc1cc(Br)cc(OC(F)(F)F)c1. The summed E-state index contributed by atoms with van der Waals surface area (Å²) < 4.78 is 40.2. The van der Waals surface area contributed by atoms with Crippen molar-refractivity contribution in [3.05, 3.63) is 22.7 Å². The molecule has 5 nitrogen and oxygen atoms in total. The molecule has 0 aromatic heterocycles. The number of hydrazone groups is 1. The number of halogens is 4. The Morgan fingerprint density at radius 1 is 1.26 bits per heavy atom. The van der Waals surface area contributed by atoms with Crippen LogP contribution in [0.4, 0.5) is 18.9 Å². The zero-order valence-corrected chi connectivity index (χ0v) is 10.6. The highest BCUT2D eigenvalue weighted by molar-refractivity contribution is 9.10. The van der Waals surface area contributed by atoms with Crippen LogP contribution in [-0.4, -0.2) is 12.1 Å². The van der Waals surface area contributed by atoms with Gasteiger partial charge in [0.15, 0.2) is 0 Å². The zero-order valence-electron chi connectivity index (χ0n) is 8.99. The highest BCUT2D eigenvalue weighted by Gasteiger charge is 2.31. The van der Waals surface area contributed by atoms with Gasteiger partial charge in [-0.25, -0.2) is 0 Å². The molecule has 0 spiro atoms. The highest BCUT2D eigenvalue weighted by atomic mass is 79.9. The normalized spacial score (nSPS) is 10.0. The predicted octanol–water partition coefficient (Wildman–Crippen LogP) is 3.16. The van der Waals surface area contributed by atoms with E-state index in [0.717, 1.165) is 12.1 Å². The number of benzene rings is 1. The summed E-state index contributed by atoms with van der Waals surface area (Å²) in [6.45, 7) is 0. The molecule has 0 atom stereocenters. The van der Waals surface area contributed by atoms with Crippen LogP contribution in [0.5, 0.6) is 5.75 Å². The Balaban J connectivity index is 2.96. The van der Waals surface area contributed by atoms with Crippen molar-refractivity contribution in [1.29, 1.82) is 10.5 Å². The van der Waals surface area contributed by atoms with Crippen molar-refractivity contribution in [2.75, 3.05) is 5.43 Å². The van der Waals surface area contributed by atoms with Crippen molar-refractivity contribution in [3.63, 3.8) is 0 Å². The molecule has 0 heterocycles. The maximum Gasteiger partial charge on any atom is 0.573 e. The minimum atomic E-state index is -4.81. The van der Waals surface area contributed by atoms with Crippen molar-refractivity contribution in [2.45, 2.75) is 6.36 Å². The van der Waals surface area contributed by atoms with Crippen LogP contribution >= 0.6 is 15.9 Å². The lowest BCUT2D eigenvalue weighted by Crippen LogP contribution is -2.17. The van der Waals surface area contributed by atoms with Crippen LogP contribution in [0.15, 0.2) is 27.8 Å². The first-order valence-electron chi connectivity index (χ1n) is 4.54. The van der Waals surface area contributed by atoms with E-state index >= 15 is 0 Å². The Hall–Kier alpha value is -2.26. The van der Waals surface area contributed by atoms with Crippen molar-refractivity contribution in [1.82, 2.24) is 0 Å². The number of rotatable bonds is 3. The molecule has 0 fully saturated rings. The minimum absolute atomic E-state index is 0.122. The number of hydrogen-bond donors (Lipinski definition) is 1. The number of nitriles is 2. The number of hydrogen-bond acceptors (Lipinski definition) is 5. The van der Waals surface area contributed by atoms with E-state index in [9.17, 15) is 13.2 Å². The summed E-state index contributed by atoms with van der Waals surface area (Å²) in [4.78, 5) is 0. The van der Waals surface area contributed by atoms with E-state index in [0.29, 0.717) is 4.47 Å². The Morgan fingerprint density at radius 3 is 2.42 bits per heavy atom. The second-order valence-electron chi connectivity index (χ2n) is 3.02. The van der Waals surface area contributed by atoms with Gasteiger partial charge in [0.2, 0.25) is 5.71 Å². The standard InChI is InChI=1S/C10H4BrF3N4O/c11-6-1-7(17-18-8(4-15)5-16)3-9(2-6)19-10(12,13)14/h1-3,17H. The van der Waals surface area contributed by atoms with Gasteiger partial charge in [-0.1, -0.05) is 15.9 Å². The highest BCUT2D eigenvalue weighted by Crippen LogP contribution is 2.29. The lowest BCUT2D eigenvalue weighted by molar-refractivity contribution is -0.274. The van der Waals surface area contributed by atoms with E-state index in [1.807, 2.05) is 0 Å². The van der Waals surface area contributed by atoms with E-state index in [-0.39, 0.29) is 5.69 Å². The van der Waals surface area contributed by atoms with Crippen LogP contribution in [-0.2, 0) is 0 Å². The van der Waals surface area contributed by atoms with Crippen LogP contribution in [0.1, 0.15) is 0 Å². The van der Waals surface area contributed by atoms with Gasteiger partial charge < -0.3 is 4.74 Å². The smallest absolute Gasteiger partial charge is 0.406 e. The molecule has 0 amide bonds. The van der Waals surface area contributed by atoms with Crippen molar-refractivity contribution in [2.24, 2.45) is 5.10 Å². The summed E-state index contributed by atoms with van der Waals surface area (Å²) in [7, 11) is 0. The fraction of sp³-hybridized carbons (Fsp3) is 0.100. The summed E-state index contributed by atoms with van der Waals surface area (Å²) in [6.07, 6.45) is -4.81. The van der Waals surface area contributed by atoms with Crippen LogP contribution in [0.2, 0.25) is 0 Å². The van der Waals surface area contributed by atoms with Crippen molar-refractivity contribution < 1.29 is 17.9 Å². The Morgan fingerprint density at radius 2 is 1.89 bits per heavy atom. The second-order valence-corrected chi connectivity index (χ2v) is 3.93. The minimum Gasteiger partial charge on any atom is -0.406 e. The monoisotopic (exact) mass is 332 g/mol. The number of ether oxygens (including phenoxy) is 1. The number of nitrogens with zero attached hydrogens (tertiary/aromatic N) is 3. The summed E-state index contributed by atoms with van der Waals surface area (Å²) in [6, 6.07) is 6.52. The summed E-state index contributed by atoms with van der Waals surface area (Å²) >= 11 is 3.00. The lowest BCUT2D eigenvalue weighted by atomic mass is 10.3. The molecular formula is C10H4BrF3N4O. The van der Waals surface area contributed by atoms with Gasteiger partial charge in [-0.3, -0.25) is 5.43 Å². The van der Waals surface area contributed by atoms with Crippen molar-refractivity contribution in [3.8, 4) is 17.9 Å². The molecule has 1 aromatic rings. The van der Waals surface area contributed by atoms with Gasteiger partial charge >= 0.3 is 6.36 Å². The molecule has 0 aliphatic carbocycles. The van der Waals surface area contributed by atoms with Crippen LogP contribution in [0.3, 0.4) is 0 Å². The molecule has 9 heteroatoms. The second kappa shape index (κ2) is 6.07. The van der Waals surface area contributed by atoms with E-state index in [2.05, 4.69) is 31.2 Å². The topological polar surface area (TPSA) is 81.2 Å². The van der Waals surface area contributed by atoms with Gasteiger partial charge in [0, 0.05) is 10.5 Å². The molecule has 0 saturated heterocycles. The van der Waals surface area contributed by atoms with Crippen LogP contribution in [0, 0.1) is 22.7 Å². The molecule has 1 rings (SSSR count). The molecule has 1 N–H and O–H groups in total. The third kappa shape index (κ3) is 5.27. The van der Waals surface area contributed by atoms with Crippen molar-refractivity contribution >= 4 is 27.3 Å². The molecule has 98 valence electrons. The maximum absolute atomic E-state index is 12.1. The molecule has 0 aliphatic rings. The van der Waals surface area contributed by atoms with Crippen LogP contribution in [0.25, 0.3) is 0 Å². The van der Waals surface area contributed by atoms with E-state index in [1.54, 1.807) is 0 Å². The first-order chi connectivity index (χ1) is 8.84. The first-order valence-corrected chi connectivity index (χ1v) is 5.33. The van der Waals surface area contributed by atoms with Gasteiger partial charge in [-0.2, -0.15) is 15.6 Å². The molecule has 19 heavy (non-hydrogen) atoms. The average Bonchev–Trinajstić information content (AvgIpc) is 2.27. The molecular weight excluding hydrogens is 329 g/mol. The first kappa shape index (κ1) is 14.8. The number of anilines is 1. The van der Waals surface area contributed by atoms with E-state index in [4.69, 9.17) is 10.5 Å². The Kier molecular flexibility index (Phi) is 4.73. The molecule has 0 saturated carbocycles. The van der Waals surface area contributed by atoms with Gasteiger partial charge in [-0.15, -0.1) is 13.2 Å². The summed E-state index contributed by atoms with van der Waals surface area (Å²) in [5.41, 5.74) is 1.94. The Labute approximate surface area is 114 Å². The van der Waals surface area contributed by atoms with E-state index in [1.165, 1.54) is 18.2 Å². The van der Waals surface area contributed by atoms with E-state index < -0.39 is 17.8 Å². The average molecular weight is 333 g/mol. The number of nitrogens with one attached hydrogen (secondary N) is 1. The zero-order chi connectivity index (χ0) is 14.5. The van der Waals surface area contributed by atoms with Gasteiger partial charge in [0.05, 0.1) is 5.69 Å². The molecule has 0 aliphatic heterocycles. The molecule has 0 bridgehead atoms. The third-order valence-electron chi connectivity index (χ3n) is 1.61. The van der Waals surface area contributed by atoms with Crippen LogP contribution < -0.4 is 10.2 Å². The predicted molar refractivity (Wildman–Crippen MR) is 63.1 cm³/mol. The van der Waals surface area contributed by atoms with Gasteiger partial charge in [0.25, 0.3) is 0 Å². The largest absolute Gasteiger partial charge is 0.573 e. The summed E-state index contributed by atoms with van der Waals surface area (Å²) in [5.74, 6) is -0.463. The third-order valence-corrected chi connectivity index (χ3v) is 2.07. The molecule has 0 unspecified atom stereocenters. The Bertz CT molecular complexity index is 570.